The van der Waals surface area contributed by atoms with Crippen LogP contribution in [-0.4, -0.2) is 33.7 Å². The Morgan fingerprint density at radius 3 is 2.50 bits per heavy atom. The Morgan fingerprint density at radius 2 is 1.92 bits per heavy atom. The molecule has 1 aliphatic heterocycles. The van der Waals surface area contributed by atoms with Crippen LogP contribution in [0.25, 0.3) is 0 Å². The largest absolute Gasteiger partial charge is 0.327 e. The monoisotopic (exact) mass is 386 g/mol. The molecule has 4 rings (SSSR count). The molecule has 1 fully saturated rings. The van der Waals surface area contributed by atoms with Crippen LogP contribution < -0.4 is 5.32 Å². The van der Waals surface area contributed by atoms with Crippen molar-refractivity contribution in [3.05, 3.63) is 62.7 Å². The molecule has 1 saturated heterocycles. The van der Waals surface area contributed by atoms with Gasteiger partial charge < -0.3 is 10.2 Å². The first kappa shape index (κ1) is 17.5. The Labute approximate surface area is 161 Å². The van der Waals surface area contributed by atoms with Crippen LogP contribution in [0.1, 0.15) is 39.1 Å². The minimum Gasteiger partial charge on any atom is -0.327 e. The van der Waals surface area contributed by atoms with Gasteiger partial charge >= 0.3 is 0 Å². The second-order valence-corrected chi connectivity index (χ2v) is 8.57. The van der Waals surface area contributed by atoms with E-state index in [0.29, 0.717) is 24.8 Å². The van der Waals surface area contributed by atoms with Crippen LogP contribution in [0.3, 0.4) is 0 Å². The highest BCUT2D eigenvalue weighted by molar-refractivity contribution is 7.10. The van der Waals surface area contributed by atoms with E-state index in [1.165, 1.54) is 9.75 Å². The Hall–Kier alpha value is -1.96. The normalized spacial score (nSPS) is 17.3. The highest BCUT2D eigenvalue weighted by atomic mass is 32.1. The van der Waals surface area contributed by atoms with Crippen LogP contribution in [0, 0.1) is 0 Å². The van der Waals surface area contributed by atoms with Crippen molar-refractivity contribution in [2.45, 2.75) is 32.0 Å². The molecule has 0 saturated carbocycles. The van der Waals surface area contributed by atoms with E-state index >= 15 is 0 Å². The highest BCUT2D eigenvalue weighted by Gasteiger charge is 2.22. The van der Waals surface area contributed by atoms with Gasteiger partial charge in [-0.25, -0.2) is 0 Å². The lowest BCUT2D eigenvalue weighted by molar-refractivity contribution is 0.0726. The molecule has 1 amide bonds. The van der Waals surface area contributed by atoms with E-state index in [1.807, 2.05) is 44.7 Å². The van der Waals surface area contributed by atoms with Gasteiger partial charge in [-0.1, -0.05) is 12.1 Å². The third kappa shape index (κ3) is 4.06. The summed E-state index contributed by atoms with van der Waals surface area (Å²) in [5.74, 6) is -0.00526. The summed E-state index contributed by atoms with van der Waals surface area (Å²) in [5.41, 5.74) is 0.531. The van der Waals surface area contributed by atoms with Crippen LogP contribution in [0.5, 0.6) is 0 Å². The zero-order valence-corrected chi connectivity index (χ0v) is 16.1. The smallest absolute Gasteiger partial charge is 0.275 e. The number of amides is 1. The molecule has 1 aliphatic rings. The zero-order valence-electron chi connectivity index (χ0n) is 14.5. The molecule has 0 aliphatic carbocycles. The summed E-state index contributed by atoms with van der Waals surface area (Å²) in [6, 6.07) is 10.4. The summed E-state index contributed by atoms with van der Waals surface area (Å²) < 4.78 is 1.95. The lowest BCUT2D eigenvalue weighted by Gasteiger charge is -2.23. The van der Waals surface area contributed by atoms with Crippen LogP contribution in [0.4, 0.5) is 0 Å². The van der Waals surface area contributed by atoms with E-state index in [2.05, 4.69) is 22.5 Å². The van der Waals surface area contributed by atoms with Crippen molar-refractivity contribution >= 4 is 28.6 Å². The SMILES string of the molecule is O=C(c1ccn(C2CCCNC2)n1)N(Cc1cccs1)Cc1cccs1. The molecule has 5 nitrogen and oxygen atoms in total. The Morgan fingerprint density at radius 1 is 1.19 bits per heavy atom. The van der Waals surface area contributed by atoms with E-state index in [-0.39, 0.29) is 5.91 Å². The van der Waals surface area contributed by atoms with Crippen LogP contribution in [-0.2, 0) is 13.1 Å². The van der Waals surface area contributed by atoms with Crippen molar-refractivity contribution in [1.82, 2.24) is 20.0 Å². The van der Waals surface area contributed by atoms with Crippen molar-refractivity contribution in [3.8, 4) is 0 Å². The molecule has 1 N–H and O–H groups in total. The van der Waals surface area contributed by atoms with Gasteiger partial charge in [-0.15, -0.1) is 22.7 Å². The second kappa shape index (κ2) is 8.16. The average molecular weight is 387 g/mol. The number of hydrogen-bond donors (Lipinski definition) is 1. The molecular formula is C19H22N4OS2. The van der Waals surface area contributed by atoms with E-state index < -0.39 is 0 Å². The van der Waals surface area contributed by atoms with Crippen LogP contribution in [0.2, 0.25) is 0 Å². The molecule has 0 bridgehead atoms. The van der Waals surface area contributed by atoms with Gasteiger partial charge in [0.25, 0.3) is 5.91 Å². The molecule has 4 heterocycles. The van der Waals surface area contributed by atoms with Gasteiger partial charge in [-0.2, -0.15) is 5.10 Å². The van der Waals surface area contributed by atoms with Crippen molar-refractivity contribution in [2.75, 3.05) is 13.1 Å². The van der Waals surface area contributed by atoms with Crippen LogP contribution >= 0.6 is 22.7 Å². The topological polar surface area (TPSA) is 50.2 Å². The van der Waals surface area contributed by atoms with E-state index in [9.17, 15) is 4.79 Å². The Balaban J connectivity index is 1.52. The summed E-state index contributed by atoms with van der Waals surface area (Å²) in [7, 11) is 0. The number of hydrogen-bond acceptors (Lipinski definition) is 5. The Kier molecular flexibility index (Phi) is 5.48. The van der Waals surface area contributed by atoms with E-state index in [0.717, 1.165) is 25.9 Å². The summed E-state index contributed by atoms with van der Waals surface area (Å²) in [5, 5.41) is 12.1. The average Bonchev–Trinajstić information content (AvgIpc) is 3.44. The minimum absolute atomic E-state index is 0.00526. The van der Waals surface area contributed by atoms with E-state index in [1.54, 1.807) is 22.7 Å². The Bertz CT molecular complexity index is 783. The number of carbonyl (C=O) groups excluding carboxylic acids is 1. The third-order valence-corrected chi connectivity index (χ3v) is 6.34. The quantitative estimate of drug-likeness (QED) is 0.701. The van der Waals surface area contributed by atoms with Gasteiger partial charge in [0.15, 0.2) is 0 Å². The summed E-state index contributed by atoms with van der Waals surface area (Å²) in [6.07, 6.45) is 4.20. The van der Waals surface area contributed by atoms with Crippen molar-refractivity contribution < 1.29 is 4.79 Å². The molecule has 7 heteroatoms. The van der Waals surface area contributed by atoms with Gasteiger partial charge in [0.2, 0.25) is 0 Å². The minimum atomic E-state index is -0.00526. The maximum absolute atomic E-state index is 13.1. The number of carbonyl (C=O) groups is 1. The number of thiophene rings is 2. The summed E-state index contributed by atoms with van der Waals surface area (Å²) in [6.45, 7) is 3.22. The predicted molar refractivity (Wildman–Crippen MR) is 106 cm³/mol. The van der Waals surface area contributed by atoms with Gasteiger partial charge in [-0.3, -0.25) is 9.48 Å². The first-order chi connectivity index (χ1) is 12.8. The highest BCUT2D eigenvalue weighted by Crippen LogP contribution is 2.20. The molecule has 0 aromatic carbocycles. The number of aromatic nitrogens is 2. The number of nitrogens with one attached hydrogen (secondary N) is 1. The van der Waals surface area contributed by atoms with Crippen molar-refractivity contribution in [2.24, 2.45) is 0 Å². The molecule has 3 aromatic heterocycles. The first-order valence-corrected chi connectivity index (χ1v) is 10.7. The fourth-order valence-electron chi connectivity index (χ4n) is 3.26. The maximum atomic E-state index is 13.1. The zero-order chi connectivity index (χ0) is 17.8. The van der Waals surface area contributed by atoms with Crippen LogP contribution in [0.15, 0.2) is 47.3 Å². The molecule has 3 aromatic rings. The molecular weight excluding hydrogens is 364 g/mol. The predicted octanol–water partition coefficient (Wildman–Crippen LogP) is 3.77. The molecule has 0 spiro atoms. The molecule has 1 atom stereocenters. The lowest BCUT2D eigenvalue weighted by Crippen LogP contribution is -2.33. The number of nitrogens with zero attached hydrogens (tertiary/aromatic N) is 3. The van der Waals surface area contributed by atoms with Crippen molar-refractivity contribution in [3.63, 3.8) is 0 Å². The molecule has 26 heavy (non-hydrogen) atoms. The standard InChI is InChI=1S/C19H22N4OS2/c24-19(18-7-9-23(21-18)15-4-1-8-20-12-15)22(13-16-5-2-10-25-16)14-17-6-3-11-26-17/h2-3,5-7,9-11,15,20H,1,4,8,12-14H2. The molecule has 136 valence electrons. The van der Waals surface area contributed by atoms with Gasteiger partial charge in [-0.05, 0) is 48.3 Å². The lowest BCUT2D eigenvalue weighted by atomic mass is 10.1. The fraction of sp³-hybridized carbons (Fsp3) is 0.368. The van der Waals surface area contributed by atoms with Gasteiger partial charge in [0, 0.05) is 22.5 Å². The molecule has 1 unspecified atom stereocenters. The second-order valence-electron chi connectivity index (χ2n) is 6.50. The number of rotatable bonds is 6. The summed E-state index contributed by atoms with van der Waals surface area (Å²) >= 11 is 3.36. The fourth-order valence-corrected chi connectivity index (χ4v) is 4.70. The van der Waals surface area contributed by atoms with Gasteiger partial charge in [0.1, 0.15) is 5.69 Å². The number of piperidine rings is 1. The first-order valence-electron chi connectivity index (χ1n) is 8.89. The van der Waals surface area contributed by atoms with Crippen molar-refractivity contribution in [1.29, 1.82) is 0 Å². The van der Waals surface area contributed by atoms with E-state index in [4.69, 9.17) is 0 Å². The summed E-state index contributed by atoms with van der Waals surface area (Å²) in [4.78, 5) is 17.4. The third-order valence-electron chi connectivity index (χ3n) is 4.61. The molecule has 0 radical (unpaired) electrons. The maximum Gasteiger partial charge on any atom is 0.275 e. The van der Waals surface area contributed by atoms with Gasteiger partial charge in [0.05, 0.1) is 19.1 Å².